The minimum atomic E-state index is -0.503. The molecule has 2 aliphatic heterocycles. The van der Waals surface area contributed by atoms with Crippen molar-refractivity contribution in [1.29, 1.82) is 0 Å². The highest BCUT2D eigenvalue weighted by Gasteiger charge is 2.48. The number of hydrogen-bond acceptors (Lipinski definition) is 10. The normalized spacial score (nSPS) is 21.2. The molecule has 332 valence electrons. The predicted molar refractivity (Wildman–Crippen MR) is 232 cm³/mol. The Bertz CT molecular complexity index is 1570. The van der Waals surface area contributed by atoms with Crippen molar-refractivity contribution >= 4 is 11.6 Å². The third-order valence-electron chi connectivity index (χ3n) is 11.4. The molecule has 2 aromatic carbocycles. The van der Waals surface area contributed by atoms with Gasteiger partial charge in [0.25, 0.3) is 0 Å². The van der Waals surface area contributed by atoms with Crippen LogP contribution in [-0.2, 0) is 50.1 Å². The molecule has 2 N–H and O–H groups in total. The number of phenols is 2. The first-order valence-electron chi connectivity index (χ1n) is 21.3. The number of phenolic OH excluding ortho intramolecular Hbond substituents is 2. The summed E-state index contributed by atoms with van der Waals surface area (Å²) in [6.07, 6.45) is -0.571. The van der Waals surface area contributed by atoms with E-state index >= 15 is 0 Å². The third kappa shape index (κ3) is 12.2. The molecule has 2 saturated heterocycles. The lowest BCUT2D eigenvalue weighted by Crippen LogP contribution is -2.57. The molecule has 2 fully saturated rings. The lowest BCUT2D eigenvalue weighted by Gasteiger charge is -2.48. The van der Waals surface area contributed by atoms with Crippen LogP contribution in [0.3, 0.4) is 0 Å². The number of carbonyl (C=O) groups excluding carboxylic acids is 2. The average Bonchev–Trinajstić information content (AvgIpc) is 3.10. The summed E-state index contributed by atoms with van der Waals surface area (Å²) in [4.78, 5) is 26.7. The molecular formula is C49H76O10. The number of hydrogen-bond donors (Lipinski definition) is 2. The smallest absolute Gasteiger partial charge is 0.165 e. The van der Waals surface area contributed by atoms with Crippen LogP contribution in [0.4, 0.5) is 0 Å². The maximum absolute atomic E-state index is 13.4. The Morgan fingerprint density at radius 1 is 0.525 bits per heavy atom. The van der Waals surface area contributed by atoms with Gasteiger partial charge in [-0.3, -0.25) is 9.59 Å². The van der Waals surface area contributed by atoms with Crippen molar-refractivity contribution in [2.75, 3.05) is 52.9 Å². The minimum Gasteiger partial charge on any atom is -0.507 e. The second-order valence-corrected chi connectivity index (χ2v) is 22.7. The van der Waals surface area contributed by atoms with E-state index in [2.05, 4.69) is 0 Å². The number of Topliss-reactive ketones (excluding diaryl/α,β-unsaturated/α-hetero) is 2. The van der Waals surface area contributed by atoms with Gasteiger partial charge in [0.1, 0.15) is 11.5 Å². The zero-order chi connectivity index (χ0) is 44.6. The summed E-state index contributed by atoms with van der Waals surface area (Å²) in [7, 11) is 0. The van der Waals surface area contributed by atoms with Crippen LogP contribution in [0, 0.1) is 16.2 Å². The van der Waals surface area contributed by atoms with Gasteiger partial charge in [0.05, 0.1) is 58.3 Å². The van der Waals surface area contributed by atoms with E-state index in [1.807, 2.05) is 135 Å². The summed E-state index contributed by atoms with van der Waals surface area (Å²) >= 11 is 0. The van der Waals surface area contributed by atoms with E-state index in [0.29, 0.717) is 50.8 Å². The highest BCUT2D eigenvalue weighted by atomic mass is 16.7. The van der Waals surface area contributed by atoms with E-state index in [1.165, 1.54) is 0 Å². The number of rotatable bonds is 14. The quantitative estimate of drug-likeness (QED) is 0.140. The fourth-order valence-electron chi connectivity index (χ4n) is 7.56. The largest absolute Gasteiger partial charge is 0.507 e. The highest BCUT2D eigenvalue weighted by Crippen LogP contribution is 2.42. The first-order chi connectivity index (χ1) is 26.9. The maximum Gasteiger partial charge on any atom is 0.165 e. The van der Waals surface area contributed by atoms with Gasteiger partial charge in [0, 0.05) is 57.1 Å². The van der Waals surface area contributed by atoms with Crippen molar-refractivity contribution in [3.05, 3.63) is 57.6 Å². The molecule has 2 heterocycles. The van der Waals surface area contributed by atoms with Crippen LogP contribution in [0.25, 0.3) is 0 Å². The molecule has 0 radical (unpaired) electrons. The lowest BCUT2D eigenvalue weighted by molar-refractivity contribution is -0.338. The Hall–Kier alpha value is -2.86. The summed E-state index contributed by atoms with van der Waals surface area (Å²) in [5, 5.41) is 22.1. The summed E-state index contributed by atoms with van der Waals surface area (Å²) in [5.41, 5.74) is 1.54. The monoisotopic (exact) mass is 825 g/mol. The fourth-order valence-corrected chi connectivity index (χ4v) is 7.56. The second-order valence-electron chi connectivity index (χ2n) is 22.7. The van der Waals surface area contributed by atoms with Crippen LogP contribution in [0.2, 0.25) is 0 Å². The van der Waals surface area contributed by atoms with E-state index in [0.717, 1.165) is 22.3 Å². The molecule has 0 unspecified atom stereocenters. The van der Waals surface area contributed by atoms with Gasteiger partial charge in [-0.25, -0.2) is 0 Å². The van der Waals surface area contributed by atoms with Crippen LogP contribution in [0.5, 0.6) is 11.5 Å². The van der Waals surface area contributed by atoms with Crippen LogP contribution in [0.1, 0.15) is 167 Å². The third-order valence-corrected chi connectivity index (χ3v) is 11.4. The van der Waals surface area contributed by atoms with Gasteiger partial charge in [0.2, 0.25) is 0 Å². The molecule has 0 bridgehead atoms. The first kappa shape index (κ1) is 48.8. The maximum atomic E-state index is 13.4. The van der Waals surface area contributed by atoms with E-state index in [9.17, 15) is 19.8 Å². The Kier molecular flexibility index (Phi) is 14.8. The van der Waals surface area contributed by atoms with Crippen molar-refractivity contribution < 1.29 is 48.2 Å². The van der Waals surface area contributed by atoms with Crippen molar-refractivity contribution in [3.8, 4) is 11.5 Å². The highest BCUT2D eigenvalue weighted by molar-refractivity contribution is 5.97. The molecule has 10 nitrogen and oxygen atoms in total. The van der Waals surface area contributed by atoms with Gasteiger partial charge < -0.3 is 38.6 Å². The molecule has 0 atom stereocenters. The molecule has 0 amide bonds. The van der Waals surface area contributed by atoms with E-state index < -0.39 is 28.8 Å². The molecule has 2 aromatic rings. The lowest BCUT2D eigenvalue weighted by atomic mass is 9.78. The Balaban J connectivity index is 1.22. The van der Waals surface area contributed by atoms with E-state index in [1.54, 1.807) is 0 Å². The Morgan fingerprint density at radius 2 is 0.780 bits per heavy atom. The number of ether oxygens (including phenoxy) is 6. The van der Waals surface area contributed by atoms with Crippen molar-refractivity contribution in [1.82, 2.24) is 0 Å². The molecule has 2 aliphatic rings. The van der Waals surface area contributed by atoms with Gasteiger partial charge in [-0.15, -0.1) is 0 Å². The molecule has 4 rings (SSSR count). The standard InChI is InChI=1S/C49H76O10/c1-43(2,3)33-21-31(22-34(39(33)52)44(4,5)6)37(50)17-19-54-25-47(13,14)41-56-27-49(28-57-41)29-58-42(59-30-49)48(15,16)26-55-20-18-38(51)32-23-35(45(7,8)9)40(53)36(24-32)46(10,11)12/h21-24,41-42,52-53H,17-20,25-30H2,1-16H3. The van der Waals surface area contributed by atoms with E-state index in [-0.39, 0.29) is 70.8 Å². The Morgan fingerprint density at radius 3 is 1.02 bits per heavy atom. The molecule has 0 aliphatic carbocycles. The average molecular weight is 825 g/mol. The number of benzene rings is 2. The SMILES string of the molecule is CC(C)(C)c1cc(C(=O)CCOCC(C)(C)C2OCC3(CO2)COC(C(C)(C)COCCC(=O)c2cc(C(C)(C)C)c(O)c(C(C)(C)C)c2)OC3)cc(C(C)(C)C)c1O. The zero-order valence-electron chi connectivity index (χ0n) is 39.2. The van der Waals surface area contributed by atoms with Gasteiger partial charge in [-0.1, -0.05) is 111 Å². The second kappa shape index (κ2) is 17.9. The fraction of sp³-hybridized carbons (Fsp3) is 0.714. The zero-order valence-corrected chi connectivity index (χ0v) is 39.2. The Labute approximate surface area is 355 Å². The van der Waals surface area contributed by atoms with E-state index in [4.69, 9.17) is 28.4 Å². The van der Waals surface area contributed by atoms with Crippen molar-refractivity contribution in [3.63, 3.8) is 0 Å². The summed E-state index contributed by atoms with van der Waals surface area (Å²) in [6.45, 7) is 35.3. The molecule has 59 heavy (non-hydrogen) atoms. The number of ketones is 2. The van der Waals surface area contributed by atoms with Crippen LogP contribution < -0.4 is 0 Å². The molecule has 1 spiro atoms. The summed E-state index contributed by atoms with van der Waals surface area (Å²) in [6, 6.07) is 7.28. The molecule has 0 aromatic heterocycles. The summed E-state index contributed by atoms with van der Waals surface area (Å²) < 4.78 is 37.2. The van der Waals surface area contributed by atoms with Gasteiger partial charge in [-0.05, 0) is 45.9 Å². The van der Waals surface area contributed by atoms with Crippen LogP contribution in [0.15, 0.2) is 24.3 Å². The molecule has 0 saturated carbocycles. The molecule has 10 heteroatoms. The number of aromatic hydroxyl groups is 2. The molecular weight excluding hydrogens is 749 g/mol. The summed E-state index contributed by atoms with van der Waals surface area (Å²) in [5.74, 6) is 0.462. The minimum absolute atomic E-state index is 0.0265. The van der Waals surface area contributed by atoms with Gasteiger partial charge in [-0.2, -0.15) is 0 Å². The number of carbonyl (C=O) groups is 2. The predicted octanol–water partition coefficient (Wildman–Crippen LogP) is 9.95. The van der Waals surface area contributed by atoms with Crippen LogP contribution in [-0.4, -0.2) is 87.2 Å². The van der Waals surface area contributed by atoms with Crippen molar-refractivity contribution in [2.24, 2.45) is 16.2 Å². The first-order valence-corrected chi connectivity index (χ1v) is 21.3. The van der Waals surface area contributed by atoms with Gasteiger partial charge in [0.15, 0.2) is 24.1 Å². The van der Waals surface area contributed by atoms with Crippen molar-refractivity contribution in [2.45, 2.75) is 158 Å². The van der Waals surface area contributed by atoms with Crippen LogP contribution >= 0.6 is 0 Å². The topological polar surface area (TPSA) is 130 Å². The van der Waals surface area contributed by atoms with Gasteiger partial charge >= 0.3 is 0 Å².